The lowest BCUT2D eigenvalue weighted by atomic mass is 10.1. The maximum absolute atomic E-state index is 13.1. The Labute approximate surface area is 225 Å². The van der Waals surface area contributed by atoms with E-state index in [1.807, 2.05) is 13.8 Å². The minimum Gasteiger partial charge on any atom is -0.507 e. The summed E-state index contributed by atoms with van der Waals surface area (Å²) in [5.41, 5.74) is 0.794. The van der Waals surface area contributed by atoms with Gasteiger partial charge in [0, 0.05) is 24.3 Å². The van der Waals surface area contributed by atoms with E-state index in [4.69, 9.17) is 4.74 Å². The van der Waals surface area contributed by atoms with Gasteiger partial charge in [-0.2, -0.15) is 0 Å². The van der Waals surface area contributed by atoms with E-state index >= 15 is 0 Å². The third-order valence-corrected chi connectivity index (χ3v) is 6.50. The first-order chi connectivity index (χ1) is 17.2. The molecule has 0 heterocycles. The molecule has 188 valence electrons. The average Bonchev–Trinajstić information content (AvgIpc) is 2.86. The van der Waals surface area contributed by atoms with Crippen molar-refractivity contribution in [2.45, 2.75) is 13.8 Å². The average molecular weight is 620 g/mol. The molecular weight excluding hydrogens is 596 g/mol. The van der Waals surface area contributed by atoms with Crippen molar-refractivity contribution >= 4 is 55.3 Å². The molecule has 2 amide bonds. The van der Waals surface area contributed by atoms with Gasteiger partial charge in [-0.3, -0.25) is 19.3 Å². The van der Waals surface area contributed by atoms with Crippen LogP contribution in [0.25, 0.3) is 0 Å². The van der Waals surface area contributed by atoms with Crippen molar-refractivity contribution in [1.82, 2.24) is 4.90 Å². The summed E-state index contributed by atoms with van der Waals surface area (Å²) in [7, 11) is 0. The van der Waals surface area contributed by atoms with Crippen molar-refractivity contribution in [3.05, 3.63) is 80.7 Å². The number of phenolic OH excluding ortho intramolecular Hbond substituents is 1. The van der Waals surface area contributed by atoms with Gasteiger partial charge in [0.15, 0.2) is 5.75 Å². The summed E-state index contributed by atoms with van der Waals surface area (Å²) in [6.07, 6.45) is 0. The summed E-state index contributed by atoms with van der Waals surface area (Å²) < 4.78 is 6.87. The monoisotopic (exact) mass is 618 g/mol. The number of rotatable bonds is 9. The first-order valence-corrected chi connectivity index (χ1v) is 12.6. The van der Waals surface area contributed by atoms with Crippen LogP contribution in [0.2, 0.25) is 0 Å². The molecule has 0 aromatic heterocycles. The number of hydrogen-bond acceptors (Lipinski definition) is 5. The molecule has 8 nitrogen and oxygen atoms in total. The van der Waals surface area contributed by atoms with Gasteiger partial charge in [0.1, 0.15) is 18.0 Å². The molecule has 3 aromatic carbocycles. The number of phenols is 1. The van der Waals surface area contributed by atoms with Gasteiger partial charge in [-0.25, -0.2) is 0 Å². The number of anilines is 1. The van der Waals surface area contributed by atoms with E-state index < -0.39 is 18.4 Å². The van der Waals surface area contributed by atoms with Crippen LogP contribution < -0.4 is 9.64 Å². The summed E-state index contributed by atoms with van der Waals surface area (Å²) in [5.74, 6) is -1.46. The predicted molar refractivity (Wildman–Crippen MR) is 143 cm³/mol. The van der Waals surface area contributed by atoms with Crippen LogP contribution in [0, 0.1) is 0 Å². The summed E-state index contributed by atoms with van der Waals surface area (Å²) in [5, 5.41) is 19.6. The van der Waals surface area contributed by atoms with Crippen molar-refractivity contribution in [3.8, 4) is 17.2 Å². The highest BCUT2D eigenvalue weighted by Crippen LogP contribution is 2.41. The van der Waals surface area contributed by atoms with Crippen molar-refractivity contribution in [1.29, 1.82) is 0 Å². The van der Waals surface area contributed by atoms with Crippen molar-refractivity contribution in [2.24, 2.45) is 0 Å². The largest absolute Gasteiger partial charge is 0.507 e. The molecule has 0 aliphatic carbocycles. The fourth-order valence-electron chi connectivity index (χ4n) is 3.50. The first kappa shape index (κ1) is 27.2. The number of amides is 2. The number of carboxylic acids is 1. The zero-order valence-corrected chi connectivity index (χ0v) is 22.7. The van der Waals surface area contributed by atoms with Gasteiger partial charge in [0.25, 0.3) is 11.8 Å². The molecule has 2 N–H and O–H groups in total. The highest BCUT2D eigenvalue weighted by Gasteiger charge is 2.23. The summed E-state index contributed by atoms with van der Waals surface area (Å²) >= 11 is 6.88. The standard InChI is InChI=1S/C26H24Br2N2O6/c1-3-29(4-2)26(35)19-14-18(10-11-22(19)31)36-24-20(27)12-17(13-21(24)28)30(15-23(32)33)25(34)16-8-6-5-7-9-16/h5-14,31H,3-4,15H2,1-2H3,(H,32,33). The normalized spacial score (nSPS) is 10.6. The number of benzene rings is 3. The van der Waals surface area contributed by atoms with E-state index in [1.54, 1.807) is 47.4 Å². The second-order valence-corrected chi connectivity index (χ2v) is 9.36. The van der Waals surface area contributed by atoms with Crippen LogP contribution >= 0.6 is 31.9 Å². The Balaban J connectivity index is 1.95. The zero-order chi connectivity index (χ0) is 26.4. The summed E-state index contributed by atoms with van der Waals surface area (Å²) in [4.78, 5) is 40.1. The van der Waals surface area contributed by atoms with Crippen LogP contribution in [-0.2, 0) is 4.79 Å². The Hall–Kier alpha value is -3.37. The Morgan fingerprint density at radius 3 is 2.06 bits per heavy atom. The number of aromatic hydroxyl groups is 1. The second-order valence-electron chi connectivity index (χ2n) is 7.65. The van der Waals surface area contributed by atoms with E-state index in [1.165, 1.54) is 18.2 Å². The van der Waals surface area contributed by atoms with Crippen molar-refractivity contribution < 1.29 is 29.3 Å². The van der Waals surface area contributed by atoms with Crippen LogP contribution in [-0.4, -0.2) is 52.5 Å². The lowest BCUT2D eigenvalue weighted by molar-refractivity contribution is -0.135. The summed E-state index contributed by atoms with van der Waals surface area (Å²) in [6.45, 7) is 4.15. The molecule has 36 heavy (non-hydrogen) atoms. The topological polar surface area (TPSA) is 107 Å². The van der Waals surface area contributed by atoms with Gasteiger partial charge in [-0.1, -0.05) is 18.2 Å². The van der Waals surface area contributed by atoms with E-state index in [9.17, 15) is 24.6 Å². The van der Waals surface area contributed by atoms with E-state index in [2.05, 4.69) is 31.9 Å². The third-order valence-electron chi connectivity index (χ3n) is 5.32. The highest BCUT2D eigenvalue weighted by molar-refractivity contribution is 9.11. The van der Waals surface area contributed by atoms with Gasteiger partial charge in [0.2, 0.25) is 0 Å². The number of halogens is 2. The Morgan fingerprint density at radius 1 is 0.889 bits per heavy atom. The molecule has 0 saturated heterocycles. The maximum Gasteiger partial charge on any atom is 0.323 e. The number of carbonyl (C=O) groups excluding carboxylic acids is 2. The molecule has 0 fully saturated rings. The Morgan fingerprint density at radius 2 is 1.50 bits per heavy atom. The fourth-order valence-corrected chi connectivity index (χ4v) is 4.83. The van der Waals surface area contributed by atoms with Gasteiger partial charge in [-0.15, -0.1) is 0 Å². The lowest BCUT2D eigenvalue weighted by Gasteiger charge is -2.23. The minimum absolute atomic E-state index is 0.112. The van der Waals surface area contributed by atoms with Gasteiger partial charge in [0.05, 0.1) is 14.5 Å². The number of nitrogens with zero attached hydrogens (tertiary/aromatic N) is 2. The third kappa shape index (κ3) is 6.24. The molecule has 0 bridgehead atoms. The molecule has 3 rings (SSSR count). The molecule has 0 unspecified atom stereocenters. The molecule has 0 aliphatic rings. The van der Waals surface area contributed by atoms with Crippen LogP contribution in [0.3, 0.4) is 0 Å². The molecule has 3 aromatic rings. The molecule has 0 saturated carbocycles. The van der Waals surface area contributed by atoms with Crippen LogP contribution in [0.1, 0.15) is 34.6 Å². The van der Waals surface area contributed by atoms with E-state index in [0.29, 0.717) is 44.8 Å². The maximum atomic E-state index is 13.1. The highest BCUT2D eigenvalue weighted by atomic mass is 79.9. The van der Waals surface area contributed by atoms with Crippen LogP contribution in [0.15, 0.2) is 69.6 Å². The van der Waals surface area contributed by atoms with Gasteiger partial charge >= 0.3 is 5.97 Å². The minimum atomic E-state index is -1.17. The zero-order valence-electron chi connectivity index (χ0n) is 19.6. The SMILES string of the molecule is CCN(CC)C(=O)c1cc(Oc2c(Br)cc(N(CC(=O)O)C(=O)c3ccccc3)cc2Br)ccc1O. The van der Waals surface area contributed by atoms with Crippen LogP contribution in [0.5, 0.6) is 17.2 Å². The van der Waals surface area contributed by atoms with E-state index in [0.717, 1.165) is 4.90 Å². The van der Waals surface area contributed by atoms with Gasteiger partial charge < -0.3 is 19.8 Å². The van der Waals surface area contributed by atoms with Crippen LogP contribution in [0.4, 0.5) is 5.69 Å². The Bertz CT molecular complexity index is 1260. The number of ether oxygens (including phenoxy) is 1. The Kier molecular flexibility index (Phi) is 9.11. The fraction of sp³-hybridized carbons (Fsp3) is 0.192. The molecule has 0 spiro atoms. The number of aliphatic carboxylic acids is 1. The van der Waals surface area contributed by atoms with Crippen molar-refractivity contribution in [2.75, 3.05) is 24.5 Å². The second kappa shape index (κ2) is 12.0. The quantitative estimate of drug-likeness (QED) is 0.308. The molecule has 0 radical (unpaired) electrons. The molecule has 10 heteroatoms. The first-order valence-electron chi connectivity index (χ1n) is 11.0. The van der Waals surface area contributed by atoms with Gasteiger partial charge in [-0.05, 0) is 88.2 Å². The van der Waals surface area contributed by atoms with Crippen molar-refractivity contribution in [3.63, 3.8) is 0 Å². The molecular formula is C26H24Br2N2O6. The molecule has 0 atom stereocenters. The number of hydrogen-bond donors (Lipinski definition) is 2. The number of carboxylic acid groups (broad SMARTS) is 1. The summed E-state index contributed by atoms with van der Waals surface area (Å²) in [6, 6.07) is 15.9. The lowest BCUT2D eigenvalue weighted by Crippen LogP contribution is -2.35. The van der Waals surface area contributed by atoms with E-state index in [-0.39, 0.29) is 17.2 Å². The molecule has 0 aliphatic heterocycles. The predicted octanol–water partition coefficient (Wildman–Crippen LogP) is 5.92. The number of carbonyl (C=O) groups is 3. The smallest absolute Gasteiger partial charge is 0.323 e.